The van der Waals surface area contributed by atoms with E-state index in [2.05, 4.69) is 36.5 Å². The van der Waals surface area contributed by atoms with Gasteiger partial charge in [-0.2, -0.15) is 11.8 Å². The van der Waals surface area contributed by atoms with E-state index in [4.69, 9.17) is 5.11 Å². The van der Waals surface area contributed by atoms with Crippen molar-refractivity contribution in [1.82, 2.24) is 5.32 Å². The summed E-state index contributed by atoms with van der Waals surface area (Å²) in [7, 11) is 2.03. The van der Waals surface area contributed by atoms with Crippen LogP contribution in [0, 0.1) is 0 Å². The number of fused-ring (bicyclic) bond motifs is 1. The van der Waals surface area contributed by atoms with Gasteiger partial charge in [0.25, 0.3) is 0 Å². The molecule has 17 heavy (non-hydrogen) atoms. The standard InChI is InChI=1S/C14H21NOS/c1-10-9-13(17-8-7-16)14(15-2)12-6-4-3-5-11(10)12/h3-6,10,13-16H,7-9H2,1-2H3. The first-order chi connectivity index (χ1) is 8.27. The second-order valence-corrected chi connectivity index (χ2v) is 6.01. The number of aliphatic hydroxyl groups is 1. The lowest BCUT2D eigenvalue weighted by Crippen LogP contribution is -2.33. The molecule has 1 aromatic carbocycles. The van der Waals surface area contributed by atoms with E-state index in [0.717, 1.165) is 5.75 Å². The molecular formula is C14H21NOS. The number of hydrogen-bond acceptors (Lipinski definition) is 3. The predicted molar refractivity (Wildman–Crippen MR) is 74.6 cm³/mol. The van der Waals surface area contributed by atoms with Crippen LogP contribution in [0.25, 0.3) is 0 Å². The minimum absolute atomic E-state index is 0.271. The Hall–Kier alpha value is -0.510. The van der Waals surface area contributed by atoms with Gasteiger partial charge >= 0.3 is 0 Å². The molecule has 0 spiro atoms. The molecule has 0 aliphatic heterocycles. The van der Waals surface area contributed by atoms with Gasteiger partial charge in [0.2, 0.25) is 0 Å². The van der Waals surface area contributed by atoms with Gasteiger partial charge in [0.15, 0.2) is 0 Å². The molecule has 2 nitrogen and oxygen atoms in total. The third kappa shape index (κ3) is 2.67. The molecule has 0 amide bonds. The fourth-order valence-electron chi connectivity index (χ4n) is 2.76. The zero-order valence-corrected chi connectivity index (χ0v) is 11.3. The van der Waals surface area contributed by atoms with Crippen LogP contribution in [0.5, 0.6) is 0 Å². The van der Waals surface area contributed by atoms with E-state index in [1.54, 1.807) is 0 Å². The Morgan fingerprint density at radius 2 is 2.06 bits per heavy atom. The Kier molecular flexibility index (Phi) is 4.48. The molecule has 0 aromatic heterocycles. The quantitative estimate of drug-likeness (QED) is 0.862. The zero-order valence-electron chi connectivity index (χ0n) is 10.5. The molecule has 2 rings (SSSR count). The van der Waals surface area contributed by atoms with E-state index in [9.17, 15) is 0 Å². The largest absolute Gasteiger partial charge is 0.396 e. The fourth-order valence-corrected chi connectivity index (χ4v) is 4.07. The molecule has 0 saturated carbocycles. The van der Waals surface area contributed by atoms with Crippen molar-refractivity contribution in [2.45, 2.75) is 30.6 Å². The molecular weight excluding hydrogens is 230 g/mol. The van der Waals surface area contributed by atoms with E-state index in [1.807, 2.05) is 18.8 Å². The Balaban J connectivity index is 2.25. The number of benzene rings is 1. The smallest absolute Gasteiger partial charge is 0.0521 e. The highest BCUT2D eigenvalue weighted by atomic mass is 32.2. The van der Waals surface area contributed by atoms with Crippen LogP contribution in [0.15, 0.2) is 24.3 Å². The van der Waals surface area contributed by atoms with Crippen LogP contribution in [-0.2, 0) is 0 Å². The molecule has 0 bridgehead atoms. The van der Waals surface area contributed by atoms with Crippen LogP contribution in [0.3, 0.4) is 0 Å². The van der Waals surface area contributed by atoms with Gasteiger partial charge < -0.3 is 10.4 Å². The second-order valence-electron chi connectivity index (χ2n) is 4.66. The number of nitrogens with one attached hydrogen (secondary N) is 1. The lowest BCUT2D eigenvalue weighted by atomic mass is 9.81. The number of rotatable bonds is 4. The molecule has 2 N–H and O–H groups in total. The molecule has 0 radical (unpaired) electrons. The molecule has 0 fully saturated rings. The minimum atomic E-state index is 0.271. The average Bonchev–Trinajstić information content (AvgIpc) is 2.36. The van der Waals surface area contributed by atoms with Crippen molar-refractivity contribution in [3.05, 3.63) is 35.4 Å². The zero-order chi connectivity index (χ0) is 12.3. The minimum Gasteiger partial charge on any atom is -0.396 e. The summed E-state index contributed by atoms with van der Waals surface area (Å²) in [4.78, 5) is 0. The number of hydrogen-bond donors (Lipinski definition) is 2. The highest BCUT2D eigenvalue weighted by molar-refractivity contribution is 7.99. The summed E-state index contributed by atoms with van der Waals surface area (Å²) in [6, 6.07) is 9.15. The van der Waals surface area contributed by atoms with Crippen molar-refractivity contribution < 1.29 is 5.11 Å². The lowest BCUT2D eigenvalue weighted by Gasteiger charge is -2.36. The number of thioether (sulfide) groups is 1. The highest BCUT2D eigenvalue weighted by Crippen LogP contribution is 2.42. The lowest BCUT2D eigenvalue weighted by molar-refractivity contribution is 0.322. The highest BCUT2D eigenvalue weighted by Gasteiger charge is 2.31. The summed E-state index contributed by atoms with van der Waals surface area (Å²) in [5.74, 6) is 1.45. The molecule has 0 heterocycles. The summed E-state index contributed by atoms with van der Waals surface area (Å²) < 4.78 is 0. The van der Waals surface area contributed by atoms with Crippen molar-refractivity contribution in [3.63, 3.8) is 0 Å². The van der Waals surface area contributed by atoms with Crippen LogP contribution < -0.4 is 5.32 Å². The maximum absolute atomic E-state index is 8.98. The first-order valence-electron chi connectivity index (χ1n) is 6.26. The van der Waals surface area contributed by atoms with Gasteiger partial charge in [0.1, 0.15) is 0 Å². The summed E-state index contributed by atoms with van der Waals surface area (Å²) >= 11 is 1.88. The van der Waals surface area contributed by atoms with E-state index in [1.165, 1.54) is 17.5 Å². The predicted octanol–water partition coefficient (Wildman–Crippen LogP) is 2.55. The van der Waals surface area contributed by atoms with Gasteiger partial charge in [0, 0.05) is 17.0 Å². The molecule has 1 aliphatic carbocycles. The maximum atomic E-state index is 8.98. The van der Waals surface area contributed by atoms with Crippen molar-refractivity contribution in [3.8, 4) is 0 Å². The normalized spacial score (nSPS) is 27.8. The monoisotopic (exact) mass is 251 g/mol. The summed E-state index contributed by atoms with van der Waals surface area (Å²) in [6.07, 6.45) is 1.19. The number of aliphatic hydroxyl groups excluding tert-OH is 1. The third-order valence-electron chi connectivity index (χ3n) is 3.55. The molecule has 3 atom stereocenters. The summed E-state index contributed by atoms with van der Waals surface area (Å²) in [6.45, 7) is 2.57. The fraction of sp³-hybridized carbons (Fsp3) is 0.571. The van der Waals surface area contributed by atoms with Crippen LogP contribution in [0.1, 0.15) is 36.4 Å². The van der Waals surface area contributed by atoms with Crippen molar-refractivity contribution >= 4 is 11.8 Å². The van der Waals surface area contributed by atoms with Gasteiger partial charge in [-0.25, -0.2) is 0 Å². The van der Waals surface area contributed by atoms with Crippen molar-refractivity contribution in [1.29, 1.82) is 0 Å². The van der Waals surface area contributed by atoms with E-state index in [0.29, 0.717) is 17.2 Å². The second kappa shape index (κ2) is 5.89. The summed E-state index contributed by atoms with van der Waals surface area (Å²) in [5.41, 5.74) is 2.91. The first-order valence-corrected chi connectivity index (χ1v) is 7.31. The van der Waals surface area contributed by atoms with Gasteiger partial charge in [-0.05, 0) is 30.5 Å². The van der Waals surface area contributed by atoms with E-state index in [-0.39, 0.29) is 6.61 Å². The van der Waals surface area contributed by atoms with Crippen LogP contribution in [0.2, 0.25) is 0 Å². The molecule has 1 aromatic rings. The van der Waals surface area contributed by atoms with Crippen LogP contribution >= 0.6 is 11.8 Å². The Bertz CT molecular complexity index is 369. The van der Waals surface area contributed by atoms with E-state index >= 15 is 0 Å². The van der Waals surface area contributed by atoms with Gasteiger partial charge in [0.05, 0.1) is 6.61 Å². The first kappa shape index (κ1) is 12.9. The maximum Gasteiger partial charge on any atom is 0.0521 e. The van der Waals surface area contributed by atoms with E-state index < -0.39 is 0 Å². The molecule has 3 unspecified atom stereocenters. The van der Waals surface area contributed by atoms with Gasteiger partial charge in [-0.1, -0.05) is 31.2 Å². The van der Waals surface area contributed by atoms with Gasteiger partial charge in [-0.15, -0.1) is 0 Å². The molecule has 0 saturated heterocycles. The average molecular weight is 251 g/mol. The van der Waals surface area contributed by atoms with Crippen molar-refractivity contribution in [2.75, 3.05) is 19.4 Å². The van der Waals surface area contributed by atoms with Crippen LogP contribution in [-0.4, -0.2) is 29.8 Å². The SMILES string of the molecule is CNC1c2ccccc2C(C)CC1SCCO. The Morgan fingerprint density at radius 1 is 1.35 bits per heavy atom. The Morgan fingerprint density at radius 3 is 2.71 bits per heavy atom. The third-order valence-corrected chi connectivity index (χ3v) is 4.86. The van der Waals surface area contributed by atoms with Crippen molar-refractivity contribution in [2.24, 2.45) is 0 Å². The topological polar surface area (TPSA) is 32.3 Å². The molecule has 94 valence electrons. The summed E-state index contributed by atoms with van der Waals surface area (Å²) in [5, 5.41) is 13.0. The van der Waals surface area contributed by atoms with Gasteiger partial charge in [-0.3, -0.25) is 0 Å². The Labute approximate surface area is 108 Å². The van der Waals surface area contributed by atoms with Crippen LogP contribution in [0.4, 0.5) is 0 Å². The molecule has 1 aliphatic rings. The molecule has 3 heteroatoms.